The number of carbonyl (C=O) groups is 2. The van der Waals surface area contributed by atoms with Gasteiger partial charge < -0.3 is 4.74 Å². The lowest BCUT2D eigenvalue weighted by Crippen LogP contribution is -2.18. The second-order valence-electron chi connectivity index (χ2n) is 4.80. The van der Waals surface area contributed by atoms with Gasteiger partial charge in [0.1, 0.15) is 0 Å². The lowest BCUT2D eigenvalue weighted by molar-refractivity contribution is -0.117. The first-order chi connectivity index (χ1) is 8.45. The molecule has 1 aliphatic rings. The quantitative estimate of drug-likeness (QED) is 0.555. The average Bonchev–Trinajstić information content (AvgIpc) is 2.30. The van der Waals surface area contributed by atoms with E-state index in [0.717, 1.165) is 12.8 Å². The molecule has 0 aliphatic heterocycles. The maximum Gasteiger partial charge on any atom is 0.220 e. The van der Waals surface area contributed by atoms with E-state index < -0.39 is 0 Å². The predicted octanol–water partition coefficient (Wildman–Crippen LogP) is 2.98. The van der Waals surface area contributed by atoms with Crippen molar-refractivity contribution in [2.24, 2.45) is 5.92 Å². The summed E-state index contributed by atoms with van der Waals surface area (Å²) in [4.78, 5) is 23.5. The molecule has 0 heterocycles. The Kier molecular flexibility index (Phi) is 5.08. The van der Waals surface area contributed by atoms with Gasteiger partial charge in [0.05, 0.1) is 7.11 Å². The van der Waals surface area contributed by atoms with Gasteiger partial charge in [-0.15, -0.1) is 0 Å². The molecule has 0 spiro atoms. The largest absolute Gasteiger partial charge is 0.493 e. The Morgan fingerprint density at radius 2 is 1.94 bits per heavy atom. The van der Waals surface area contributed by atoms with E-state index in [1.54, 1.807) is 0 Å². The monoisotopic (exact) mass is 248 g/mol. The molecule has 3 nitrogen and oxygen atoms in total. The van der Waals surface area contributed by atoms with Crippen molar-refractivity contribution in [2.75, 3.05) is 7.11 Å². The Morgan fingerprint density at radius 1 is 1.28 bits per heavy atom. The molecule has 0 N–H and O–H groups in total. The van der Waals surface area contributed by atoms with Crippen molar-refractivity contribution in [3.63, 3.8) is 0 Å². The lowest BCUT2D eigenvalue weighted by Gasteiger charge is -2.16. The molecule has 0 bridgehead atoms. The number of methoxy groups -OCH3 is 1. The third-order valence-corrected chi connectivity index (χ3v) is 2.98. The first-order valence-electron chi connectivity index (χ1n) is 6.15. The highest BCUT2D eigenvalue weighted by molar-refractivity contribution is 6.19. The van der Waals surface area contributed by atoms with E-state index in [1.165, 1.54) is 24.8 Å². The molecule has 0 saturated carbocycles. The van der Waals surface area contributed by atoms with Crippen molar-refractivity contribution in [2.45, 2.75) is 33.6 Å². The molecule has 1 aliphatic carbocycles. The Balaban J connectivity index is 2.70. The van der Waals surface area contributed by atoms with Crippen LogP contribution in [-0.4, -0.2) is 18.7 Å². The van der Waals surface area contributed by atoms with Gasteiger partial charge in [0.25, 0.3) is 0 Å². The molecule has 0 aromatic heterocycles. The average molecular weight is 248 g/mol. The first kappa shape index (κ1) is 14.4. The van der Waals surface area contributed by atoms with E-state index >= 15 is 0 Å². The van der Waals surface area contributed by atoms with Gasteiger partial charge in [-0.2, -0.15) is 0 Å². The van der Waals surface area contributed by atoms with Crippen LogP contribution in [0.2, 0.25) is 0 Å². The molecule has 0 aromatic rings. The van der Waals surface area contributed by atoms with E-state index in [-0.39, 0.29) is 23.2 Å². The van der Waals surface area contributed by atoms with Crippen molar-refractivity contribution in [3.05, 3.63) is 35.1 Å². The summed E-state index contributed by atoms with van der Waals surface area (Å²) in [5, 5.41) is 0. The van der Waals surface area contributed by atoms with Crippen molar-refractivity contribution in [3.8, 4) is 0 Å². The predicted molar refractivity (Wildman–Crippen MR) is 71.0 cm³/mol. The molecule has 1 rings (SSSR count). The fourth-order valence-corrected chi connectivity index (χ4v) is 1.88. The van der Waals surface area contributed by atoms with Gasteiger partial charge in [-0.05, 0) is 38.7 Å². The van der Waals surface area contributed by atoms with Crippen LogP contribution in [0.1, 0.15) is 33.6 Å². The fraction of sp³-hybridized carbons (Fsp3) is 0.467. The smallest absolute Gasteiger partial charge is 0.220 e. The van der Waals surface area contributed by atoms with Gasteiger partial charge >= 0.3 is 0 Å². The number of carbonyl (C=O) groups excluding carboxylic acids is 2. The van der Waals surface area contributed by atoms with Gasteiger partial charge in [0, 0.05) is 11.6 Å². The summed E-state index contributed by atoms with van der Waals surface area (Å²) in [6.45, 7) is 6.07. The molecule has 0 amide bonds. The molecule has 0 radical (unpaired) electrons. The molecule has 18 heavy (non-hydrogen) atoms. The highest BCUT2D eigenvalue weighted by Gasteiger charge is 2.24. The minimum Gasteiger partial charge on any atom is -0.493 e. The summed E-state index contributed by atoms with van der Waals surface area (Å²) in [5.74, 6) is -0.121. The standard InChI is InChI=1S/C15H20O3/c1-10(2)6-5-7-11(3)12-8-14(17)15(18-4)9-13(12)16/h6,8-9,11H,5,7H2,1-4H3. The van der Waals surface area contributed by atoms with Crippen LogP contribution in [0.3, 0.4) is 0 Å². The third kappa shape index (κ3) is 3.69. The summed E-state index contributed by atoms with van der Waals surface area (Å²) in [7, 11) is 1.40. The van der Waals surface area contributed by atoms with Gasteiger partial charge in [-0.3, -0.25) is 9.59 Å². The minimum atomic E-state index is -0.221. The summed E-state index contributed by atoms with van der Waals surface area (Å²) < 4.78 is 4.85. The molecule has 0 aromatic carbocycles. The van der Waals surface area contributed by atoms with Crippen LogP contribution in [0.15, 0.2) is 35.1 Å². The molecule has 3 heteroatoms. The number of hydrogen-bond donors (Lipinski definition) is 0. The number of ether oxygens (including phenoxy) is 1. The minimum absolute atomic E-state index is 0.0895. The van der Waals surface area contributed by atoms with Crippen LogP contribution in [-0.2, 0) is 14.3 Å². The summed E-state index contributed by atoms with van der Waals surface area (Å²) in [6.07, 6.45) is 6.63. The molecule has 1 atom stereocenters. The van der Waals surface area contributed by atoms with Gasteiger partial charge in [0.2, 0.25) is 5.78 Å². The first-order valence-corrected chi connectivity index (χ1v) is 6.15. The number of allylic oxidation sites excluding steroid dienone is 5. The fourth-order valence-electron chi connectivity index (χ4n) is 1.88. The maximum absolute atomic E-state index is 11.9. The van der Waals surface area contributed by atoms with Crippen molar-refractivity contribution >= 4 is 11.6 Å². The van der Waals surface area contributed by atoms with E-state index in [2.05, 4.69) is 6.08 Å². The Morgan fingerprint density at radius 3 is 2.50 bits per heavy atom. The molecule has 0 fully saturated rings. The van der Waals surface area contributed by atoms with Gasteiger partial charge in [-0.1, -0.05) is 18.6 Å². The van der Waals surface area contributed by atoms with E-state index in [4.69, 9.17) is 4.74 Å². The van der Waals surface area contributed by atoms with Gasteiger partial charge in [-0.25, -0.2) is 0 Å². The third-order valence-electron chi connectivity index (χ3n) is 2.98. The highest BCUT2D eigenvalue weighted by atomic mass is 16.5. The molecule has 98 valence electrons. The maximum atomic E-state index is 11.9. The zero-order chi connectivity index (χ0) is 13.7. The Hall–Kier alpha value is -1.64. The normalized spacial score (nSPS) is 16.9. The summed E-state index contributed by atoms with van der Waals surface area (Å²) >= 11 is 0. The van der Waals surface area contributed by atoms with Crippen LogP contribution < -0.4 is 0 Å². The topological polar surface area (TPSA) is 43.4 Å². The summed E-state index contributed by atoms with van der Waals surface area (Å²) in [5.41, 5.74) is 1.85. The number of ketones is 2. The zero-order valence-corrected chi connectivity index (χ0v) is 11.4. The van der Waals surface area contributed by atoms with E-state index in [0.29, 0.717) is 5.57 Å². The zero-order valence-electron chi connectivity index (χ0n) is 11.4. The summed E-state index contributed by atoms with van der Waals surface area (Å²) in [6, 6.07) is 0. The van der Waals surface area contributed by atoms with Gasteiger partial charge in [0.15, 0.2) is 11.5 Å². The van der Waals surface area contributed by atoms with Crippen molar-refractivity contribution in [1.82, 2.24) is 0 Å². The molecular formula is C15H20O3. The Bertz CT molecular complexity index is 435. The van der Waals surface area contributed by atoms with Crippen molar-refractivity contribution < 1.29 is 14.3 Å². The van der Waals surface area contributed by atoms with Crippen LogP contribution in [0.5, 0.6) is 0 Å². The van der Waals surface area contributed by atoms with Crippen LogP contribution in [0.4, 0.5) is 0 Å². The second-order valence-corrected chi connectivity index (χ2v) is 4.80. The molecule has 0 saturated heterocycles. The van der Waals surface area contributed by atoms with Crippen LogP contribution in [0.25, 0.3) is 0 Å². The second kappa shape index (κ2) is 6.34. The highest BCUT2D eigenvalue weighted by Crippen LogP contribution is 2.23. The van der Waals surface area contributed by atoms with Crippen LogP contribution >= 0.6 is 0 Å². The van der Waals surface area contributed by atoms with Crippen LogP contribution in [0, 0.1) is 5.92 Å². The Labute approximate surface area is 108 Å². The number of rotatable bonds is 5. The van der Waals surface area contributed by atoms with E-state index in [1.807, 2.05) is 20.8 Å². The number of hydrogen-bond acceptors (Lipinski definition) is 3. The molecular weight excluding hydrogens is 228 g/mol. The SMILES string of the molecule is COC1=CC(=O)C(C(C)CCC=C(C)C)=CC1=O. The lowest BCUT2D eigenvalue weighted by atomic mass is 9.88. The van der Waals surface area contributed by atoms with Crippen molar-refractivity contribution in [1.29, 1.82) is 0 Å². The molecule has 1 unspecified atom stereocenters. The van der Waals surface area contributed by atoms with E-state index in [9.17, 15) is 9.59 Å².